The van der Waals surface area contributed by atoms with E-state index in [2.05, 4.69) is 17.3 Å². The zero-order valence-corrected chi connectivity index (χ0v) is 22.4. The first-order valence-corrected chi connectivity index (χ1v) is 12.7. The van der Waals surface area contributed by atoms with Crippen LogP contribution in [-0.2, 0) is 4.79 Å². The van der Waals surface area contributed by atoms with Gasteiger partial charge in [0.1, 0.15) is 11.5 Å². The zero-order valence-electron chi connectivity index (χ0n) is 22.4. The molecule has 1 heterocycles. The van der Waals surface area contributed by atoms with E-state index in [1.165, 1.54) is 17.1 Å². The van der Waals surface area contributed by atoms with Gasteiger partial charge < -0.3 is 25.6 Å². The highest BCUT2D eigenvalue weighted by molar-refractivity contribution is 6.29. The van der Waals surface area contributed by atoms with Crippen LogP contribution in [-0.4, -0.2) is 35.9 Å². The number of nitrogens with one attached hydrogen (secondary N) is 1. The Hall–Kier alpha value is -4.79. The molecular formula is C30H34N4O5. The van der Waals surface area contributed by atoms with Crippen molar-refractivity contribution in [2.45, 2.75) is 33.6 Å². The number of carboxylic acid groups (broad SMARTS) is 1. The van der Waals surface area contributed by atoms with Crippen LogP contribution >= 0.6 is 0 Å². The van der Waals surface area contributed by atoms with E-state index in [1.54, 1.807) is 25.3 Å². The van der Waals surface area contributed by atoms with Crippen molar-refractivity contribution >= 4 is 34.7 Å². The minimum Gasteiger partial charge on any atom is -0.491 e. The summed E-state index contributed by atoms with van der Waals surface area (Å²) >= 11 is 0. The summed E-state index contributed by atoms with van der Waals surface area (Å²) in [5.41, 5.74) is 8.74. The van der Waals surface area contributed by atoms with Crippen molar-refractivity contribution in [1.82, 2.24) is 0 Å². The molecule has 1 aliphatic heterocycles. The molecular weight excluding hydrogens is 496 g/mol. The average Bonchev–Trinajstić information content (AvgIpc) is 3.23. The lowest BCUT2D eigenvalue weighted by molar-refractivity contribution is -0.114. The summed E-state index contributed by atoms with van der Waals surface area (Å²) in [5.74, 6) is 0.185. The molecule has 0 aromatic heterocycles. The number of carbonyl (C=O) groups is 2. The first-order valence-electron chi connectivity index (χ1n) is 12.7. The van der Waals surface area contributed by atoms with Gasteiger partial charge in [-0.25, -0.2) is 4.79 Å². The van der Waals surface area contributed by atoms with Gasteiger partial charge in [-0.05, 0) is 68.3 Å². The third-order valence-electron chi connectivity index (χ3n) is 5.52. The highest BCUT2D eigenvalue weighted by Gasteiger charge is 2.29. The molecule has 0 spiro atoms. The number of anilines is 3. The lowest BCUT2D eigenvalue weighted by atomic mass is 10.1. The number of hydrazone groups is 1. The van der Waals surface area contributed by atoms with E-state index >= 15 is 0 Å². The predicted molar refractivity (Wildman–Crippen MR) is 155 cm³/mol. The van der Waals surface area contributed by atoms with Gasteiger partial charge in [-0.15, -0.1) is 0 Å². The van der Waals surface area contributed by atoms with Gasteiger partial charge in [-0.3, -0.25) is 4.79 Å². The van der Waals surface area contributed by atoms with Gasteiger partial charge in [-0.2, -0.15) is 10.1 Å². The number of nitrogens with zero attached hydrogens (tertiary/aromatic N) is 2. The second-order valence-corrected chi connectivity index (χ2v) is 8.59. The Kier molecular flexibility index (Phi) is 10.5. The summed E-state index contributed by atoms with van der Waals surface area (Å²) in [5, 5.41) is 17.7. The van der Waals surface area contributed by atoms with E-state index in [4.69, 9.17) is 20.3 Å². The van der Waals surface area contributed by atoms with Crippen LogP contribution in [0.3, 0.4) is 0 Å². The Morgan fingerprint density at radius 1 is 0.949 bits per heavy atom. The van der Waals surface area contributed by atoms with Crippen LogP contribution in [0.25, 0.3) is 0 Å². The summed E-state index contributed by atoms with van der Waals surface area (Å²) in [6.45, 7) is 7.19. The van der Waals surface area contributed by atoms with Crippen LogP contribution < -0.4 is 25.5 Å². The molecule has 0 radical (unpaired) electrons. The number of ether oxygens (including phenoxy) is 2. The number of amides is 1. The quantitative estimate of drug-likeness (QED) is 0.218. The van der Waals surface area contributed by atoms with Gasteiger partial charge in [0.25, 0.3) is 5.91 Å². The molecule has 204 valence electrons. The third kappa shape index (κ3) is 7.85. The fraction of sp³-hybridized carbons (Fsp3) is 0.233. The Morgan fingerprint density at radius 2 is 1.54 bits per heavy atom. The number of nitrogens with two attached hydrogens (primary N) is 1. The summed E-state index contributed by atoms with van der Waals surface area (Å²) in [6, 6.07) is 21.0. The molecule has 1 aliphatic rings. The lowest BCUT2D eigenvalue weighted by Gasteiger charge is -2.12. The maximum Gasteiger partial charge on any atom is 0.335 e. The van der Waals surface area contributed by atoms with E-state index in [1.807, 2.05) is 55.5 Å². The molecule has 3 aromatic rings. The minimum absolute atomic E-state index is 0.150. The number of benzene rings is 3. The second-order valence-electron chi connectivity index (χ2n) is 8.59. The molecule has 4 N–H and O–H groups in total. The first kappa shape index (κ1) is 28.8. The van der Waals surface area contributed by atoms with E-state index in [0.717, 1.165) is 30.9 Å². The Labute approximate surface area is 228 Å². The first-order chi connectivity index (χ1) is 18.8. The lowest BCUT2D eigenvalue weighted by Crippen LogP contribution is -2.21. The van der Waals surface area contributed by atoms with Crippen molar-refractivity contribution in [3.05, 3.63) is 90.1 Å². The van der Waals surface area contributed by atoms with Crippen LogP contribution in [0.5, 0.6) is 11.5 Å². The molecule has 0 bridgehead atoms. The average molecular weight is 531 g/mol. The fourth-order valence-electron chi connectivity index (χ4n) is 3.50. The normalized spacial score (nSPS) is 13.4. The Morgan fingerprint density at radius 3 is 2.15 bits per heavy atom. The maximum absolute atomic E-state index is 12.8. The van der Waals surface area contributed by atoms with Crippen LogP contribution in [0.4, 0.5) is 17.1 Å². The van der Waals surface area contributed by atoms with Gasteiger partial charge in [0.2, 0.25) is 0 Å². The smallest absolute Gasteiger partial charge is 0.335 e. The number of rotatable bonds is 10. The Bertz CT molecular complexity index is 1340. The largest absolute Gasteiger partial charge is 0.491 e. The van der Waals surface area contributed by atoms with E-state index in [9.17, 15) is 9.59 Å². The number of nitrogen functional groups attached to an aromatic ring is 1. The molecule has 9 heteroatoms. The van der Waals surface area contributed by atoms with Crippen LogP contribution in [0.2, 0.25) is 0 Å². The fourth-order valence-corrected chi connectivity index (χ4v) is 3.50. The van der Waals surface area contributed by atoms with Crippen molar-refractivity contribution in [1.29, 1.82) is 0 Å². The number of aromatic carboxylic acids is 1. The number of para-hydroxylation sites is 4. The van der Waals surface area contributed by atoms with Crippen molar-refractivity contribution in [2.24, 2.45) is 5.10 Å². The molecule has 4 rings (SSSR count). The van der Waals surface area contributed by atoms with Crippen molar-refractivity contribution < 1.29 is 24.2 Å². The predicted octanol–water partition coefficient (Wildman–Crippen LogP) is 5.95. The molecule has 3 aromatic carbocycles. The maximum atomic E-state index is 12.8. The van der Waals surface area contributed by atoms with Gasteiger partial charge in [0, 0.05) is 6.20 Å². The van der Waals surface area contributed by atoms with Crippen molar-refractivity contribution in [3.63, 3.8) is 0 Å². The van der Waals surface area contributed by atoms with E-state index in [-0.39, 0.29) is 11.5 Å². The van der Waals surface area contributed by atoms with Gasteiger partial charge >= 0.3 is 5.97 Å². The number of hydrogen-bond donors (Lipinski definition) is 3. The van der Waals surface area contributed by atoms with Crippen LogP contribution in [0.15, 0.2) is 89.7 Å². The SMILES string of the molecule is CCCOc1ccccc1N.CCCOc1ccccc1NC=C1C(=O)N(c2ccc(C(=O)O)cc2)N=C1C. The highest BCUT2D eigenvalue weighted by atomic mass is 16.5. The summed E-state index contributed by atoms with van der Waals surface area (Å²) in [4.78, 5) is 23.7. The van der Waals surface area contributed by atoms with Crippen LogP contribution in [0.1, 0.15) is 44.0 Å². The molecule has 0 saturated carbocycles. The summed E-state index contributed by atoms with van der Waals surface area (Å²) in [6.07, 6.45) is 3.52. The number of carbonyl (C=O) groups excluding carboxylic acids is 1. The third-order valence-corrected chi connectivity index (χ3v) is 5.52. The molecule has 9 nitrogen and oxygen atoms in total. The van der Waals surface area contributed by atoms with Gasteiger partial charge in [0.05, 0.1) is 47.1 Å². The molecule has 1 amide bonds. The topological polar surface area (TPSA) is 126 Å². The molecule has 0 atom stereocenters. The molecule has 39 heavy (non-hydrogen) atoms. The van der Waals surface area contributed by atoms with E-state index < -0.39 is 5.97 Å². The van der Waals surface area contributed by atoms with E-state index in [0.29, 0.717) is 35.0 Å². The molecule has 0 aliphatic carbocycles. The highest BCUT2D eigenvalue weighted by Crippen LogP contribution is 2.27. The zero-order chi connectivity index (χ0) is 28.2. The number of carboxylic acids is 1. The summed E-state index contributed by atoms with van der Waals surface area (Å²) in [7, 11) is 0. The van der Waals surface area contributed by atoms with Gasteiger partial charge in [-0.1, -0.05) is 38.1 Å². The van der Waals surface area contributed by atoms with Crippen LogP contribution in [0, 0.1) is 0 Å². The monoisotopic (exact) mass is 530 g/mol. The molecule has 0 unspecified atom stereocenters. The second kappa shape index (κ2) is 14.2. The standard InChI is InChI=1S/C21H21N3O4.C9H13NO/c1-3-12-28-19-7-5-4-6-18(19)22-13-17-14(2)23-24(20(17)25)16-10-8-15(9-11-16)21(26)27;1-2-7-11-9-6-4-3-5-8(9)10/h4-11,13,22H,3,12H2,1-2H3,(H,26,27);3-6H,2,7,10H2,1H3. The number of hydrogen-bond acceptors (Lipinski definition) is 7. The minimum atomic E-state index is -1.02. The Balaban J connectivity index is 0.000000320. The molecule has 0 fully saturated rings. The molecule has 0 saturated heterocycles. The van der Waals surface area contributed by atoms with Gasteiger partial charge in [0.15, 0.2) is 0 Å². The van der Waals surface area contributed by atoms with Crippen molar-refractivity contribution in [3.8, 4) is 11.5 Å². The van der Waals surface area contributed by atoms with Crippen molar-refractivity contribution in [2.75, 3.05) is 29.3 Å². The summed E-state index contributed by atoms with van der Waals surface area (Å²) < 4.78 is 11.1.